The number of carbonyl (C=O) groups excluding carboxylic acids is 2. The minimum absolute atomic E-state index is 0.0155. The summed E-state index contributed by atoms with van der Waals surface area (Å²) in [6.45, 7) is 0.215. The van der Waals surface area contributed by atoms with Crippen LogP contribution in [0.2, 0.25) is 0 Å². The molecule has 4 rings (SSSR count). The van der Waals surface area contributed by atoms with Crippen LogP contribution in [-0.4, -0.2) is 60.2 Å². The number of halogens is 3. The molecule has 1 fully saturated rings. The second-order valence-electron chi connectivity index (χ2n) is 8.57. The fourth-order valence-corrected chi connectivity index (χ4v) is 4.39. The SMILES string of the molecule is CC(NC(=O)OCC1c2ccccc2-c2ccccc21)(C(=O)N[C@H]1CCO[C@H]1C(=O)O)C(F)(F)F. The fraction of sp³-hybridized carbons (Fsp3) is 0.375. The number of alkyl carbamates (subject to hydrolysis) is 1. The molecule has 0 radical (unpaired) electrons. The number of hydrogen-bond donors (Lipinski definition) is 3. The maximum Gasteiger partial charge on any atom is 0.420 e. The van der Waals surface area contributed by atoms with Crippen LogP contribution in [0.1, 0.15) is 30.4 Å². The molecule has 2 aliphatic rings. The number of aliphatic carboxylic acids is 1. The van der Waals surface area contributed by atoms with Crippen molar-refractivity contribution >= 4 is 18.0 Å². The number of alkyl halides is 3. The van der Waals surface area contributed by atoms with E-state index in [1.54, 1.807) is 5.32 Å². The average molecular weight is 492 g/mol. The molecule has 0 aromatic heterocycles. The Hall–Kier alpha value is -3.60. The highest BCUT2D eigenvalue weighted by molar-refractivity contribution is 5.91. The van der Waals surface area contributed by atoms with Gasteiger partial charge in [0.1, 0.15) is 6.61 Å². The Bertz CT molecular complexity index is 1110. The number of fused-ring (bicyclic) bond motifs is 3. The van der Waals surface area contributed by atoms with E-state index in [1.807, 2.05) is 48.5 Å². The molecule has 2 aromatic carbocycles. The number of ether oxygens (including phenoxy) is 2. The van der Waals surface area contributed by atoms with Crippen molar-refractivity contribution in [2.75, 3.05) is 13.2 Å². The number of hydrogen-bond acceptors (Lipinski definition) is 5. The first kappa shape index (κ1) is 24.5. The molecule has 3 atom stereocenters. The Morgan fingerprint density at radius 1 is 1.06 bits per heavy atom. The van der Waals surface area contributed by atoms with Gasteiger partial charge in [-0.1, -0.05) is 48.5 Å². The van der Waals surface area contributed by atoms with E-state index in [-0.39, 0.29) is 25.6 Å². The molecule has 0 bridgehead atoms. The highest BCUT2D eigenvalue weighted by Crippen LogP contribution is 2.44. The quantitative estimate of drug-likeness (QED) is 0.571. The van der Waals surface area contributed by atoms with Crippen molar-refractivity contribution < 1.29 is 42.1 Å². The lowest BCUT2D eigenvalue weighted by Crippen LogP contribution is -2.67. The predicted molar refractivity (Wildman–Crippen MR) is 117 cm³/mol. The Balaban J connectivity index is 1.47. The van der Waals surface area contributed by atoms with Crippen LogP contribution < -0.4 is 10.6 Å². The number of carbonyl (C=O) groups is 3. The molecule has 11 heteroatoms. The van der Waals surface area contributed by atoms with Gasteiger partial charge >= 0.3 is 18.2 Å². The van der Waals surface area contributed by atoms with Gasteiger partial charge in [0.2, 0.25) is 5.54 Å². The van der Waals surface area contributed by atoms with Crippen molar-refractivity contribution in [3.8, 4) is 11.1 Å². The molecule has 1 aliphatic heterocycles. The molecule has 1 heterocycles. The van der Waals surface area contributed by atoms with Crippen LogP contribution in [0.15, 0.2) is 48.5 Å². The summed E-state index contributed by atoms with van der Waals surface area (Å²) in [5, 5.41) is 12.8. The van der Waals surface area contributed by atoms with Gasteiger partial charge in [0.25, 0.3) is 5.91 Å². The minimum atomic E-state index is -5.19. The van der Waals surface area contributed by atoms with Crippen LogP contribution >= 0.6 is 0 Å². The number of nitrogens with one attached hydrogen (secondary N) is 2. The molecule has 1 aliphatic carbocycles. The standard InChI is InChI=1S/C24H23F3N2O6/c1-23(24(25,26)27,21(32)28-18-10-11-34-19(18)20(30)31)29-22(33)35-12-17-15-8-4-2-6-13(15)14-7-3-5-9-16(14)17/h2-9,17-19H,10-12H2,1H3,(H,28,32)(H,29,33)(H,30,31)/t18-,19+,23?/m0/s1. The summed E-state index contributed by atoms with van der Waals surface area (Å²) < 4.78 is 51.8. The summed E-state index contributed by atoms with van der Waals surface area (Å²) in [6.07, 6.45) is -8.09. The van der Waals surface area contributed by atoms with E-state index in [0.29, 0.717) is 6.92 Å². The third-order valence-corrected chi connectivity index (χ3v) is 6.37. The third kappa shape index (κ3) is 4.55. The van der Waals surface area contributed by atoms with E-state index >= 15 is 0 Å². The molecule has 0 spiro atoms. The number of carboxylic acid groups (broad SMARTS) is 1. The van der Waals surface area contributed by atoms with Gasteiger partial charge in [-0.15, -0.1) is 0 Å². The fourth-order valence-electron chi connectivity index (χ4n) is 4.39. The molecular formula is C24H23F3N2O6. The van der Waals surface area contributed by atoms with E-state index in [2.05, 4.69) is 5.32 Å². The van der Waals surface area contributed by atoms with Gasteiger partial charge < -0.3 is 19.9 Å². The van der Waals surface area contributed by atoms with Crippen molar-refractivity contribution in [2.24, 2.45) is 0 Å². The zero-order chi connectivity index (χ0) is 25.4. The minimum Gasteiger partial charge on any atom is -0.479 e. The molecule has 1 unspecified atom stereocenters. The van der Waals surface area contributed by atoms with E-state index in [0.717, 1.165) is 22.3 Å². The van der Waals surface area contributed by atoms with Gasteiger partial charge in [-0.25, -0.2) is 9.59 Å². The summed E-state index contributed by atoms with van der Waals surface area (Å²) in [5.74, 6) is -3.41. The van der Waals surface area contributed by atoms with Gasteiger partial charge in [0, 0.05) is 12.5 Å². The Labute approximate surface area is 198 Å². The topological polar surface area (TPSA) is 114 Å². The van der Waals surface area contributed by atoms with Gasteiger partial charge in [-0.2, -0.15) is 13.2 Å². The molecule has 1 saturated heterocycles. The number of carboxylic acids is 1. The van der Waals surface area contributed by atoms with Crippen molar-refractivity contribution in [1.82, 2.24) is 10.6 Å². The highest BCUT2D eigenvalue weighted by atomic mass is 19.4. The molecular weight excluding hydrogens is 469 g/mol. The van der Waals surface area contributed by atoms with E-state index in [9.17, 15) is 27.6 Å². The number of amides is 2. The van der Waals surface area contributed by atoms with Crippen molar-refractivity contribution in [1.29, 1.82) is 0 Å². The lowest BCUT2D eigenvalue weighted by atomic mass is 9.98. The van der Waals surface area contributed by atoms with Crippen LogP contribution in [0.4, 0.5) is 18.0 Å². The van der Waals surface area contributed by atoms with E-state index in [1.165, 1.54) is 0 Å². The lowest BCUT2D eigenvalue weighted by molar-refractivity contribution is -0.194. The largest absolute Gasteiger partial charge is 0.479 e. The summed E-state index contributed by atoms with van der Waals surface area (Å²) in [4.78, 5) is 36.3. The maximum absolute atomic E-state index is 13.9. The van der Waals surface area contributed by atoms with Gasteiger partial charge in [0.15, 0.2) is 6.10 Å². The Kier molecular flexibility index (Phi) is 6.46. The molecule has 2 aromatic rings. The molecule has 35 heavy (non-hydrogen) atoms. The number of rotatable bonds is 6. The van der Waals surface area contributed by atoms with Crippen LogP contribution in [0.25, 0.3) is 11.1 Å². The summed E-state index contributed by atoms with van der Waals surface area (Å²) >= 11 is 0. The first-order valence-corrected chi connectivity index (χ1v) is 10.9. The summed E-state index contributed by atoms with van der Waals surface area (Å²) in [5.41, 5.74) is 0.283. The van der Waals surface area contributed by atoms with Gasteiger partial charge in [0.05, 0.1) is 6.04 Å². The van der Waals surface area contributed by atoms with Gasteiger partial charge in [-0.3, -0.25) is 10.1 Å². The van der Waals surface area contributed by atoms with Gasteiger partial charge in [-0.05, 0) is 35.6 Å². The normalized spacial score (nSPS) is 20.9. The van der Waals surface area contributed by atoms with Crippen molar-refractivity contribution in [3.63, 3.8) is 0 Å². The Morgan fingerprint density at radius 3 is 2.17 bits per heavy atom. The first-order valence-electron chi connectivity index (χ1n) is 10.9. The van der Waals surface area contributed by atoms with Crippen molar-refractivity contribution in [3.05, 3.63) is 59.7 Å². The van der Waals surface area contributed by atoms with E-state index in [4.69, 9.17) is 14.6 Å². The van der Waals surface area contributed by atoms with Crippen molar-refractivity contribution in [2.45, 2.75) is 43.1 Å². The maximum atomic E-state index is 13.9. The van der Waals surface area contributed by atoms with E-state index < -0.39 is 41.8 Å². The smallest absolute Gasteiger partial charge is 0.420 e. The van der Waals surface area contributed by atoms with Crippen LogP contribution in [0.3, 0.4) is 0 Å². The number of benzene rings is 2. The lowest BCUT2D eigenvalue weighted by Gasteiger charge is -2.32. The van der Waals surface area contributed by atoms with Crippen LogP contribution in [-0.2, 0) is 19.1 Å². The van der Waals surface area contributed by atoms with Crippen LogP contribution in [0, 0.1) is 0 Å². The molecule has 2 amide bonds. The molecule has 186 valence electrons. The highest BCUT2D eigenvalue weighted by Gasteiger charge is 2.59. The summed E-state index contributed by atoms with van der Waals surface area (Å²) in [6, 6.07) is 13.7. The third-order valence-electron chi connectivity index (χ3n) is 6.37. The zero-order valence-electron chi connectivity index (χ0n) is 18.6. The van der Waals surface area contributed by atoms with Crippen LogP contribution in [0.5, 0.6) is 0 Å². The molecule has 0 saturated carbocycles. The summed E-state index contributed by atoms with van der Waals surface area (Å²) in [7, 11) is 0. The second-order valence-corrected chi connectivity index (χ2v) is 8.57. The average Bonchev–Trinajstić information content (AvgIpc) is 3.39. The first-order chi connectivity index (χ1) is 16.5. The second kappa shape index (κ2) is 9.21. The zero-order valence-corrected chi connectivity index (χ0v) is 18.6. The predicted octanol–water partition coefficient (Wildman–Crippen LogP) is 3.20. The Morgan fingerprint density at radius 2 is 1.63 bits per heavy atom. The monoisotopic (exact) mass is 492 g/mol. The molecule has 8 nitrogen and oxygen atoms in total. The molecule has 3 N–H and O–H groups in total.